The second-order valence-electron chi connectivity index (χ2n) is 5.01. The van der Waals surface area contributed by atoms with E-state index in [9.17, 15) is 14.7 Å². The van der Waals surface area contributed by atoms with Crippen LogP contribution in [0.2, 0.25) is 0 Å². The number of nitrogens with zero attached hydrogens (tertiary/aromatic N) is 1. The summed E-state index contributed by atoms with van der Waals surface area (Å²) < 4.78 is 5.69. The minimum atomic E-state index is -1.02. The molecule has 0 saturated carbocycles. The minimum Gasteiger partial charge on any atom is -0.491 e. The lowest BCUT2D eigenvalue weighted by atomic mass is 10.1. The van der Waals surface area contributed by atoms with Crippen molar-refractivity contribution in [3.63, 3.8) is 0 Å². The molecular formula is C15H19NO4. The number of ether oxygens (including phenoxy) is 1. The van der Waals surface area contributed by atoms with Crippen molar-refractivity contribution in [1.29, 1.82) is 0 Å². The summed E-state index contributed by atoms with van der Waals surface area (Å²) in [6.07, 6.45) is 2.15. The lowest BCUT2D eigenvalue weighted by Gasteiger charge is -2.19. The van der Waals surface area contributed by atoms with Crippen LogP contribution >= 0.6 is 0 Å². The molecule has 1 atom stereocenters. The molecule has 0 spiro atoms. The summed E-state index contributed by atoms with van der Waals surface area (Å²) in [5.74, 6) is -0.497. The van der Waals surface area contributed by atoms with Crippen LogP contribution in [0, 0.1) is 0 Å². The molecule has 108 valence electrons. The van der Waals surface area contributed by atoms with Gasteiger partial charge in [0.15, 0.2) is 0 Å². The van der Waals surface area contributed by atoms with E-state index in [4.69, 9.17) is 4.74 Å². The summed E-state index contributed by atoms with van der Waals surface area (Å²) in [6.45, 7) is 4.55. The van der Waals surface area contributed by atoms with Crippen molar-refractivity contribution >= 4 is 17.6 Å². The number of carbonyl (C=O) groups is 2. The zero-order chi connectivity index (χ0) is 14.7. The molecule has 1 heterocycles. The Kier molecular flexibility index (Phi) is 4.27. The van der Waals surface area contributed by atoms with E-state index in [0.717, 1.165) is 12.8 Å². The van der Waals surface area contributed by atoms with Gasteiger partial charge in [-0.05, 0) is 31.9 Å². The molecule has 0 bridgehead atoms. The van der Waals surface area contributed by atoms with Crippen molar-refractivity contribution in [2.45, 2.75) is 39.2 Å². The molecule has 5 heteroatoms. The summed E-state index contributed by atoms with van der Waals surface area (Å²) in [7, 11) is 0. The third-order valence-electron chi connectivity index (χ3n) is 3.44. The molecule has 0 aliphatic carbocycles. The van der Waals surface area contributed by atoms with Gasteiger partial charge in [0.2, 0.25) is 5.91 Å². The van der Waals surface area contributed by atoms with E-state index in [-0.39, 0.29) is 17.6 Å². The van der Waals surface area contributed by atoms with Crippen LogP contribution in [0.5, 0.6) is 5.75 Å². The first-order valence-corrected chi connectivity index (χ1v) is 6.86. The van der Waals surface area contributed by atoms with Crippen molar-refractivity contribution in [3.05, 3.63) is 23.8 Å². The first kappa shape index (κ1) is 14.4. The van der Waals surface area contributed by atoms with Gasteiger partial charge in [0, 0.05) is 24.7 Å². The number of anilines is 1. The molecular weight excluding hydrogens is 258 g/mol. The Hall–Kier alpha value is -2.04. The van der Waals surface area contributed by atoms with E-state index < -0.39 is 5.97 Å². The standard InChI is InChI=1S/C15H19NO4/c1-3-10(2)20-13-8-11(15(18)19)7-12(9-13)16-6-4-5-14(16)17/h7-10H,3-6H2,1-2H3,(H,18,19)/t10-/m0/s1. The van der Waals surface area contributed by atoms with Crippen LogP contribution in [-0.2, 0) is 4.79 Å². The van der Waals surface area contributed by atoms with Crippen LogP contribution in [0.3, 0.4) is 0 Å². The van der Waals surface area contributed by atoms with Gasteiger partial charge in [0.1, 0.15) is 5.75 Å². The van der Waals surface area contributed by atoms with Crippen LogP contribution < -0.4 is 9.64 Å². The molecule has 1 N–H and O–H groups in total. The lowest BCUT2D eigenvalue weighted by Crippen LogP contribution is -2.24. The van der Waals surface area contributed by atoms with Crippen LogP contribution in [0.15, 0.2) is 18.2 Å². The number of carbonyl (C=O) groups excluding carboxylic acids is 1. The van der Waals surface area contributed by atoms with E-state index in [1.165, 1.54) is 12.1 Å². The van der Waals surface area contributed by atoms with Crippen LogP contribution in [0.4, 0.5) is 5.69 Å². The number of aromatic carboxylic acids is 1. The monoisotopic (exact) mass is 277 g/mol. The highest BCUT2D eigenvalue weighted by atomic mass is 16.5. The van der Waals surface area contributed by atoms with Crippen LogP contribution in [-0.4, -0.2) is 29.6 Å². The Morgan fingerprint density at radius 3 is 2.75 bits per heavy atom. The summed E-state index contributed by atoms with van der Waals surface area (Å²) >= 11 is 0. The number of benzene rings is 1. The summed E-state index contributed by atoms with van der Waals surface area (Å²) in [5.41, 5.74) is 0.742. The third kappa shape index (κ3) is 3.10. The third-order valence-corrected chi connectivity index (χ3v) is 3.44. The van der Waals surface area contributed by atoms with Crippen LogP contribution in [0.25, 0.3) is 0 Å². The Balaban J connectivity index is 2.35. The molecule has 1 aromatic carbocycles. The van der Waals surface area contributed by atoms with E-state index >= 15 is 0 Å². The fraction of sp³-hybridized carbons (Fsp3) is 0.467. The average molecular weight is 277 g/mol. The average Bonchev–Trinajstić information content (AvgIpc) is 2.84. The zero-order valence-corrected chi connectivity index (χ0v) is 11.8. The molecule has 2 rings (SSSR count). The molecule has 1 fully saturated rings. The van der Waals surface area contributed by atoms with Crippen molar-refractivity contribution in [2.24, 2.45) is 0 Å². The Bertz CT molecular complexity index is 527. The second-order valence-corrected chi connectivity index (χ2v) is 5.01. The maximum absolute atomic E-state index is 11.8. The topological polar surface area (TPSA) is 66.8 Å². The second kappa shape index (κ2) is 5.94. The van der Waals surface area contributed by atoms with Gasteiger partial charge < -0.3 is 14.7 Å². The molecule has 1 aromatic rings. The number of carboxylic acids is 1. The van der Waals surface area contributed by atoms with Gasteiger partial charge in [-0.15, -0.1) is 0 Å². The zero-order valence-electron chi connectivity index (χ0n) is 11.8. The van der Waals surface area contributed by atoms with Crippen molar-refractivity contribution < 1.29 is 19.4 Å². The molecule has 0 radical (unpaired) electrons. The number of hydrogen-bond acceptors (Lipinski definition) is 3. The Labute approximate surface area is 118 Å². The number of carboxylic acid groups (broad SMARTS) is 1. The maximum Gasteiger partial charge on any atom is 0.335 e. The lowest BCUT2D eigenvalue weighted by molar-refractivity contribution is -0.117. The minimum absolute atomic E-state index is 0.00109. The highest BCUT2D eigenvalue weighted by Gasteiger charge is 2.23. The van der Waals surface area contributed by atoms with Crippen molar-refractivity contribution in [1.82, 2.24) is 0 Å². The van der Waals surface area contributed by atoms with E-state index in [2.05, 4.69) is 0 Å². The highest BCUT2D eigenvalue weighted by Crippen LogP contribution is 2.28. The molecule has 0 unspecified atom stereocenters. The molecule has 0 aromatic heterocycles. The van der Waals surface area contributed by atoms with Gasteiger partial charge >= 0.3 is 5.97 Å². The van der Waals surface area contributed by atoms with Gasteiger partial charge in [0.25, 0.3) is 0 Å². The van der Waals surface area contributed by atoms with Gasteiger partial charge in [-0.1, -0.05) is 6.92 Å². The molecule has 20 heavy (non-hydrogen) atoms. The first-order chi connectivity index (χ1) is 9.51. The number of rotatable bonds is 5. The number of hydrogen-bond donors (Lipinski definition) is 1. The summed E-state index contributed by atoms with van der Waals surface area (Å²) in [5, 5.41) is 9.17. The normalized spacial score (nSPS) is 16.3. The molecule has 1 saturated heterocycles. The predicted molar refractivity (Wildman–Crippen MR) is 75.4 cm³/mol. The van der Waals surface area contributed by atoms with Gasteiger partial charge in [0.05, 0.1) is 11.7 Å². The van der Waals surface area contributed by atoms with Gasteiger partial charge in [-0.25, -0.2) is 4.79 Å². The van der Waals surface area contributed by atoms with Gasteiger partial charge in [-0.2, -0.15) is 0 Å². The molecule has 1 aliphatic heterocycles. The largest absolute Gasteiger partial charge is 0.491 e. The fourth-order valence-electron chi connectivity index (χ4n) is 2.17. The SMILES string of the molecule is CC[C@H](C)Oc1cc(C(=O)O)cc(N2CCCC2=O)c1. The fourth-order valence-corrected chi connectivity index (χ4v) is 2.17. The van der Waals surface area contributed by atoms with E-state index in [0.29, 0.717) is 24.4 Å². The highest BCUT2D eigenvalue weighted by molar-refractivity contribution is 5.97. The van der Waals surface area contributed by atoms with Crippen molar-refractivity contribution in [2.75, 3.05) is 11.4 Å². The van der Waals surface area contributed by atoms with Gasteiger partial charge in [-0.3, -0.25) is 4.79 Å². The van der Waals surface area contributed by atoms with E-state index in [1.54, 1.807) is 11.0 Å². The smallest absolute Gasteiger partial charge is 0.335 e. The van der Waals surface area contributed by atoms with Crippen molar-refractivity contribution in [3.8, 4) is 5.75 Å². The number of amides is 1. The summed E-state index contributed by atoms with van der Waals surface area (Å²) in [6, 6.07) is 4.76. The predicted octanol–water partition coefficient (Wildman–Crippen LogP) is 2.69. The molecule has 5 nitrogen and oxygen atoms in total. The van der Waals surface area contributed by atoms with Crippen LogP contribution in [0.1, 0.15) is 43.5 Å². The molecule has 1 aliphatic rings. The van der Waals surface area contributed by atoms with E-state index in [1.807, 2.05) is 13.8 Å². The first-order valence-electron chi connectivity index (χ1n) is 6.86. The Morgan fingerprint density at radius 1 is 1.45 bits per heavy atom. The Morgan fingerprint density at radius 2 is 2.20 bits per heavy atom. The maximum atomic E-state index is 11.8. The summed E-state index contributed by atoms with van der Waals surface area (Å²) in [4.78, 5) is 24.6. The quantitative estimate of drug-likeness (QED) is 0.898. The molecule has 1 amide bonds.